The topological polar surface area (TPSA) is 39.5 Å². The van der Waals surface area contributed by atoms with Gasteiger partial charge in [-0.15, -0.1) is 0 Å². The number of hydrogen-bond acceptors (Lipinski definition) is 4. The zero-order valence-corrected chi connectivity index (χ0v) is 15.5. The van der Waals surface area contributed by atoms with E-state index in [-0.39, 0.29) is 6.04 Å². The quantitative estimate of drug-likeness (QED) is 0.764. The van der Waals surface area contributed by atoms with Gasteiger partial charge in [0.15, 0.2) is 0 Å². The van der Waals surface area contributed by atoms with Crippen LogP contribution in [0.15, 0.2) is 24.3 Å². The summed E-state index contributed by atoms with van der Waals surface area (Å²) in [6, 6.07) is 10.9. The minimum absolute atomic E-state index is 0.173. The molecule has 2 atom stereocenters. The second-order valence-corrected chi connectivity index (χ2v) is 7.00. The molecule has 0 aromatic heterocycles. The molecule has 0 aliphatic carbocycles. The normalized spacial score (nSPS) is 20.8. The number of rotatable bonds is 7. The van der Waals surface area contributed by atoms with E-state index in [2.05, 4.69) is 43.6 Å². The predicted octanol–water partition coefficient (Wildman–Crippen LogP) is 3.70. The van der Waals surface area contributed by atoms with Gasteiger partial charge >= 0.3 is 0 Å². The fourth-order valence-corrected chi connectivity index (χ4v) is 3.27. The number of nitrogens with zero attached hydrogens (tertiary/aromatic N) is 3. The van der Waals surface area contributed by atoms with Crippen molar-refractivity contribution in [2.24, 2.45) is 5.92 Å². The summed E-state index contributed by atoms with van der Waals surface area (Å²) < 4.78 is 5.75. The summed E-state index contributed by atoms with van der Waals surface area (Å²) in [4.78, 5) is 4.85. The van der Waals surface area contributed by atoms with Gasteiger partial charge in [-0.3, -0.25) is 4.90 Å². The molecule has 0 amide bonds. The molecule has 0 radical (unpaired) electrons. The Labute approximate surface area is 147 Å². The van der Waals surface area contributed by atoms with Gasteiger partial charge in [0.2, 0.25) is 0 Å². The zero-order chi connectivity index (χ0) is 17.5. The van der Waals surface area contributed by atoms with Crippen molar-refractivity contribution in [2.75, 3.05) is 32.8 Å². The van der Waals surface area contributed by atoms with Crippen molar-refractivity contribution in [2.45, 2.75) is 46.2 Å². The van der Waals surface area contributed by atoms with Crippen LogP contribution in [0.1, 0.15) is 45.7 Å². The highest BCUT2D eigenvalue weighted by molar-refractivity contribution is 5.32. The zero-order valence-electron chi connectivity index (χ0n) is 15.5. The fourth-order valence-electron chi connectivity index (χ4n) is 3.27. The average molecular weight is 329 g/mol. The SMILES string of the molecule is CCC1CN(CC)CCN1C(C#N)c1ccc(OCC(C)C)cc1. The fraction of sp³-hybridized carbons (Fsp3) is 0.650. The second-order valence-electron chi connectivity index (χ2n) is 7.00. The number of nitriles is 1. The van der Waals surface area contributed by atoms with Crippen molar-refractivity contribution >= 4 is 0 Å². The molecule has 2 rings (SSSR count). The molecule has 1 heterocycles. The minimum Gasteiger partial charge on any atom is -0.493 e. The van der Waals surface area contributed by atoms with E-state index in [0.717, 1.165) is 50.5 Å². The maximum absolute atomic E-state index is 9.78. The third kappa shape index (κ3) is 4.72. The van der Waals surface area contributed by atoms with E-state index in [0.29, 0.717) is 12.0 Å². The number of benzene rings is 1. The second kappa shape index (κ2) is 9.05. The first-order chi connectivity index (χ1) is 11.6. The van der Waals surface area contributed by atoms with Gasteiger partial charge in [-0.2, -0.15) is 5.26 Å². The molecule has 2 unspecified atom stereocenters. The molecule has 1 aromatic carbocycles. The number of likely N-dealkylation sites (N-methyl/N-ethyl adjacent to an activating group) is 1. The molecule has 4 heteroatoms. The Balaban J connectivity index is 2.09. The van der Waals surface area contributed by atoms with Crippen molar-refractivity contribution in [1.82, 2.24) is 9.80 Å². The van der Waals surface area contributed by atoms with Crippen molar-refractivity contribution < 1.29 is 4.74 Å². The first-order valence-corrected chi connectivity index (χ1v) is 9.19. The van der Waals surface area contributed by atoms with Gasteiger partial charge in [0, 0.05) is 25.7 Å². The molecule has 1 aliphatic rings. The monoisotopic (exact) mass is 329 g/mol. The van der Waals surface area contributed by atoms with Crippen LogP contribution in [0.4, 0.5) is 0 Å². The highest BCUT2D eigenvalue weighted by atomic mass is 16.5. The molecular weight excluding hydrogens is 298 g/mol. The summed E-state index contributed by atoms with van der Waals surface area (Å²) in [5, 5.41) is 9.78. The average Bonchev–Trinajstić information content (AvgIpc) is 2.61. The van der Waals surface area contributed by atoms with Crippen LogP contribution in [-0.4, -0.2) is 48.6 Å². The van der Waals surface area contributed by atoms with E-state index in [9.17, 15) is 5.26 Å². The molecule has 0 saturated carbocycles. The molecule has 1 saturated heterocycles. The maximum Gasteiger partial charge on any atom is 0.124 e. The van der Waals surface area contributed by atoms with Crippen LogP contribution in [0, 0.1) is 17.2 Å². The van der Waals surface area contributed by atoms with Crippen LogP contribution in [0.25, 0.3) is 0 Å². The Kier molecular flexibility index (Phi) is 7.08. The molecule has 1 fully saturated rings. The van der Waals surface area contributed by atoms with Crippen molar-refractivity contribution in [3.63, 3.8) is 0 Å². The maximum atomic E-state index is 9.78. The summed E-state index contributed by atoms with van der Waals surface area (Å²) in [6.07, 6.45) is 1.07. The number of piperazine rings is 1. The van der Waals surface area contributed by atoms with Crippen molar-refractivity contribution in [3.8, 4) is 11.8 Å². The molecule has 132 valence electrons. The molecule has 0 bridgehead atoms. The van der Waals surface area contributed by atoms with Crippen LogP contribution in [0.3, 0.4) is 0 Å². The minimum atomic E-state index is -0.173. The van der Waals surface area contributed by atoms with E-state index in [1.807, 2.05) is 24.3 Å². The van der Waals surface area contributed by atoms with E-state index in [4.69, 9.17) is 4.74 Å². The highest BCUT2D eigenvalue weighted by Crippen LogP contribution is 2.27. The van der Waals surface area contributed by atoms with Crippen LogP contribution in [0.5, 0.6) is 5.75 Å². The summed E-state index contributed by atoms with van der Waals surface area (Å²) >= 11 is 0. The molecule has 0 spiro atoms. The summed E-state index contributed by atoms with van der Waals surface area (Å²) in [7, 11) is 0. The molecule has 0 N–H and O–H groups in total. The van der Waals surface area contributed by atoms with Crippen molar-refractivity contribution in [1.29, 1.82) is 5.26 Å². The van der Waals surface area contributed by atoms with E-state index >= 15 is 0 Å². The van der Waals surface area contributed by atoms with E-state index in [1.54, 1.807) is 0 Å². The van der Waals surface area contributed by atoms with Gasteiger partial charge in [-0.05, 0) is 36.6 Å². The lowest BCUT2D eigenvalue weighted by Crippen LogP contribution is -2.53. The lowest BCUT2D eigenvalue weighted by Gasteiger charge is -2.43. The Morgan fingerprint density at radius 1 is 1.21 bits per heavy atom. The Bertz CT molecular complexity index is 535. The third-order valence-corrected chi connectivity index (χ3v) is 4.76. The van der Waals surface area contributed by atoms with Gasteiger partial charge in [0.05, 0.1) is 12.7 Å². The van der Waals surface area contributed by atoms with Gasteiger partial charge < -0.3 is 9.64 Å². The van der Waals surface area contributed by atoms with Crippen LogP contribution < -0.4 is 4.74 Å². The first kappa shape index (κ1) is 18.8. The standard InChI is InChI=1S/C20H31N3O/c1-5-18-14-22(6-2)11-12-23(18)20(13-21)17-7-9-19(10-8-17)24-15-16(3)4/h7-10,16,18,20H,5-6,11-12,14-15H2,1-4H3. The van der Waals surface area contributed by atoms with E-state index < -0.39 is 0 Å². The Morgan fingerprint density at radius 2 is 1.92 bits per heavy atom. The van der Waals surface area contributed by atoms with Crippen LogP contribution in [0.2, 0.25) is 0 Å². The first-order valence-electron chi connectivity index (χ1n) is 9.19. The van der Waals surface area contributed by atoms with Crippen LogP contribution in [-0.2, 0) is 0 Å². The van der Waals surface area contributed by atoms with Crippen molar-refractivity contribution in [3.05, 3.63) is 29.8 Å². The number of ether oxygens (including phenoxy) is 1. The smallest absolute Gasteiger partial charge is 0.124 e. The summed E-state index contributed by atoms with van der Waals surface area (Å²) in [5.74, 6) is 1.39. The van der Waals surface area contributed by atoms with E-state index in [1.165, 1.54) is 0 Å². The van der Waals surface area contributed by atoms with Crippen LogP contribution >= 0.6 is 0 Å². The Hall–Kier alpha value is -1.57. The molecular formula is C20H31N3O. The summed E-state index contributed by atoms with van der Waals surface area (Å²) in [5.41, 5.74) is 1.07. The lowest BCUT2D eigenvalue weighted by atomic mass is 10.0. The van der Waals surface area contributed by atoms with Gasteiger partial charge in [0.1, 0.15) is 11.8 Å². The summed E-state index contributed by atoms with van der Waals surface area (Å²) in [6.45, 7) is 13.6. The largest absolute Gasteiger partial charge is 0.493 e. The number of hydrogen-bond donors (Lipinski definition) is 0. The molecule has 1 aliphatic heterocycles. The van der Waals surface area contributed by atoms with Gasteiger partial charge in [-0.1, -0.05) is 39.8 Å². The predicted molar refractivity (Wildman–Crippen MR) is 98.0 cm³/mol. The Morgan fingerprint density at radius 3 is 2.46 bits per heavy atom. The molecule has 24 heavy (non-hydrogen) atoms. The molecule has 1 aromatic rings. The van der Waals surface area contributed by atoms with Gasteiger partial charge in [-0.25, -0.2) is 0 Å². The van der Waals surface area contributed by atoms with Gasteiger partial charge in [0.25, 0.3) is 0 Å². The highest BCUT2D eigenvalue weighted by Gasteiger charge is 2.31. The lowest BCUT2D eigenvalue weighted by molar-refractivity contribution is 0.0569. The third-order valence-electron chi connectivity index (χ3n) is 4.76. The molecule has 4 nitrogen and oxygen atoms in total.